The molecule has 0 heterocycles. The van der Waals surface area contributed by atoms with Crippen molar-refractivity contribution < 1.29 is 24.2 Å². The third-order valence-electron chi connectivity index (χ3n) is 5.92. The van der Waals surface area contributed by atoms with E-state index in [-0.39, 0.29) is 6.61 Å². The maximum Gasteiger partial charge on any atom is 0.338 e. The zero-order chi connectivity index (χ0) is 24.9. The maximum atomic E-state index is 12.1. The summed E-state index contributed by atoms with van der Waals surface area (Å²) in [5.41, 5.74) is 1.39. The monoisotopic (exact) mass is 477 g/mol. The Kier molecular flexibility index (Phi) is 17.9. The Morgan fingerprint density at radius 1 is 0.824 bits per heavy atom. The first-order valence-electron chi connectivity index (χ1n) is 13.4. The molecular weight excluding hydrogens is 430 g/mol. The highest BCUT2D eigenvalue weighted by atomic mass is 16.6. The summed E-state index contributed by atoms with van der Waals surface area (Å²) < 4.78 is 9.96. The number of nitrogens with one attached hydrogen (secondary N) is 1. The van der Waals surface area contributed by atoms with Crippen LogP contribution < -0.4 is 5.32 Å². The van der Waals surface area contributed by atoms with E-state index in [9.17, 15) is 9.59 Å². The summed E-state index contributed by atoms with van der Waals surface area (Å²) in [7, 11) is 0. The zero-order valence-electron chi connectivity index (χ0n) is 21.5. The molecule has 1 unspecified atom stereocenters. The van der Waals surface area contributed by atoms with E-state index in [1.807, 2.05) is 12.1 Å². The number of aliphatic hydroxyl groups excluding tert-OH is 1. The molecule has 1 atom stereocenters. The first-order valence-corrected chi connectivity index (χ1v) is 13.4. The summed E-state index contributed by atoms with van der Waals surface area (Å²) in [5.74, 6) is -1.03. The molecule has 1 aromatic rings. The van der Waals surface area contributed by atoms with E-state index >= 15 is 0 Å². The number of anilines is 1. The van der Waals surface area contributed by atoms with Crippen LogP contribution in [-0.2, 0) is 14.3 Å². The minimum Gasteiger partial charge on any atom is -0.458 e. The van der Waals surface area contributed by atoms with E-state index < -0.39 is 24.6 Å². The standard InChI is InChI=1S/C28H47NO5/c1-3-4-5-6-7-8-9-10-11-12-13-14-15-16-21-29-26-19-17-25(18-20-26)28(32)33-23-27(22-30)34-24(2)31/h17-20,27,29-30H,3-16,21-23H2,1-2H3. The van der Waals surface area contributed by atoms with Crippen molar-refractivity contribution in [3.05, 3.63) is 29.8 Å². The Hall–Kier alpha value is -2.08. The molecule has 0 amide bonds. The molecule has 0 aliphatic carbocycles. The first-order chi connectivity index (χ1) is 16.6. The summed E-state index contributed by atoms with van der Waals surface area (Å²) in [6.07, 6.45) is 18.1. The van der Waals surface area contributed by atoms with Crippen LogP contribution in [0.4, 0.5) is 5.69 Å². The summed E-state index contributed by atoms with van der Waals surface area (Å²) >= 11 is 0. The summed E-state index contributed by atoms with van der Waals surface area (Å²) in [5, 5.41) is 12.5. The number of rotatable bonds is 21. The van der Waals surface area contributed by atoms with Crippen LogP contribution in [0, 0.1) is 0 Å². The average molecular weight is 478 g/mol. The second kappa shape index (κ2) is 20.3. The lowest BCUT2D eigenvalue weighted by Gasteiger charge is -2.14. The normalized spacial score (nSPS) is 11.7. The zero-order valence-corrected chi connectivity index (χ0v) is 21.5. The van der Waals surface area contributed by atoms with E-state index in [0.717, 1.165) is 18.7 Å². The average Bonchev–Trinajstić information content (AvgIpc) is 2.84. The van der Waals surface area contributed by atoms with Crippen molar-refractivity contribution in [3.63, 3.8) is 0 Å². The molecule has 0 saturated heterocycles. The maximum absolute atomic E-state index is 12.1. The van der Waals surface area contributed by atoms with Crippen LogP contribution in [0.5, 0.6) is 0 Å². The van der Waals surface area contributed by atoms with Crippen LogP contribution in [-0.4, -0.2) is 42.9 Å². The van der Waals surface area contributed by atoms with Gasteiger partial charge >= 0.3 is 11.9 Å². The molecule has 0 aromatic heterocycles. The Labute approximate surface area is 206 Å². The molecular formula is C28H47NO5. The lowest BCUT2D eigenvalue weighted by atomic mass is 10.0. The van der Waals surface area contributed by atoms with Crippen molar-refractivity contribution in [3.8, 4) is 0 Å². The van der Waals surface area contributed by atoms with Gasteiger partial charge in [-0.2, -0.15) is 0 Å². The predicted molar refractivity (Wildman–Crippen MR) is 138 cm³/mol. The molecule has 0 bridgehead atoms. The Bertz CT molecular complexity index is 647. The Morgan fingerprint density at radius 2 is 1.32 bits per heavy atom. The van der Waals surface area contributed by atoms with Gasteiger partial charge < -0.3 is 19.9 Å². The highest BCUT2D eigenvalue weighted by molar-refractivity contribution is 5.89. The van der Waals surface area contributed by atoms with Crippen molar-refractivity contribution in [2.45, 2.75) is 110 Å². The van der Waals surface area contributed by atoms with Crippen LogP contribution in [0.25, 0.3) is 0 Å². The van der Waals surface area contributed by atoms with Crippen LogP contribution in [0.1, 0.15) is 114 Å². The molecule has 0 spiro atoms. The number of hydrogen-bond acceptors (Lipinski definition) is 6. The fourth-order valence-corrected chi connectivity index (χ4v) is 3.89. The van der Waals surface area contributed by atoms with E-state index in [1.165, 1.54) is 90.4 Å². The third kappa shape index (κ3) is 15.7. The summed E-state index contributed by atoms with van der Waals surface area (Å²) in [4.78, 5) is 23.0. The molecule has 0 aliphatic heterocycles. The van der Waals surface area contributed by atoms with E-state index in [1.54, 1.807) is 12.1 Å². The number of unbranched alkanes of at least 4 members (excludes halogenated alkanes) is 13. The number of ether oxygens (including phenoxy) is 2. The fraction of sp³-hybridized carbons (Fsp3) is 0.714. The van der Waals surface area contributed by atoms with Gasteiger partial charge in [-0.05, 0) is 30.7 Å². The van der Waals surface area contributed by atoms with E-state index in [4.69, 9.17) is 14.6 Å². The number of hydrogen-bond donors (Lipinski definition) is 2. The summed E-state index contributed by atoms with van der Waals surface area (Å²) in [6, 6.07) is 7.12. The van der Waals surface area contributed by atoms with Crippen LogP contribution in [0.3, 0.4) is 0 Å². The Morgan fingerprint density at radius 3 is 1.79 bits per heavy atom. The van der Waals surface area contributed by atoms with Gasteiger partial charge in [-0.3, -0.25) is 4.79 Å². The molecule has 1 aromatic carbocycles. The van der Waals surface area contributed by atoms with Gasteiger partial charge in [0, 0.05) is 19.2 Å². The number of benzene rings is 1. The minimum absolute atomic E-state index is 0.173. The molecule has 0 aliphatic rings. The van der Waals surface area contributed by atoms with Crippen molar-refractivity contribution in [1.29, 1.82) is 0 Å². The molecule has 2 N–H and O–H groups in total. The Balaban J connectivity index is 2.02. The van der Waals surface area contributed by atoms with Gasteiger partial charge in [0.25, 0.3) is 0 Å². The largest absolute Gasteiger partial charge is 0.458 e. The molecule has 6 nitrogen and oxygen atoms in total. The molecule has 0 fully saturated rings. The number of esters is 2. The fourth-order valence-electron chi connectivity index (χ4n) is 3.89. The topological polar surface area (TPSA) is 84.9 Å². The molecule has 0 saturated carbocycles. The highest BCUT2D eigenvalue weighted by Gasteiger charge is 2.15. The number of carbonyl (C=O) groups excluding carboxylic acids is 2. The van der Waals surface area contributed by atoms with Gasteiger partial charge in [-0.15, -0.1) is 0 Å². The molecule has 1 rings (SSSR count). The second-order valence-corrected chi connectivity index (χ2v) is 9.11. The van der Waals surface area contributed by atoms with Crippen molar-refractivity contribution in [2.24, 2.45) is 0 Å². The van der Waals surface area contributed by atoms with Gasteiger partial charge in [-0.1, -0.05) is 90.4 Å². The SMILES string of the molecule is CCCCCCCCCCCCCCCCNc1ccc(C(=O)OCC(CO)OC(C)=O)cc1. The smallest absolute Gasteiger partial charge is 0.338 e. The third-order valence-corrected chi connectivity index (χ3v) is 5.92. The van der Waals surface area contributed by atoms with Crippen LogP contribution in [0.2, 0.25) is 0 Å². The quantitative estimate of drug-likeness (QED) is 0.152. The van der Waals surface area contributed by atoms with Crippen molar-refractivity contribution in [1.82, 2.24) is 0 Å². The van der Waals surface area contributed by atoms with Gasteiger partial charge in [-0.25, -0.2) is 4.79 Å². The molecule has 6 heteroatoms. The molecule has 0 radical (unpaired) electrons. The number of aliphatic hydroxyl groups is 1. The van der Waals surface area contributed by atoms with Crippen LogP contribution in [0.15, 0.2) is 24.3 Å². The molecule has 34 heavy (non-hydrogen) atoms. The molecule has 194 valence electrons. The lowest BCUT2D eigenvalue weighted by Crippen LogP contribution is -2.27. The van der Waals surface area contributed by atoms with Gasteiger partial charge in [0.2, 0.25) is 0 Å². The first kappa shape index (κ1) is 30.0. The predicted octanol–water partition coefficient (Wildman–Crippen LogP) is 6.66. The lowest BCUT2D eigenvalue weighted by molar-refractivity contribution is -0.150. The second-order valence-electron chi connectivity index (χ2n) is 9.11. The van der Waals surface area contributed by atoms with Crippen molar-refractivity contribution >= 4 is 17.6 Å². The van der Waals surface area contributed by atoms with E-state index in [0.29, 0.717) is 5.56 Å². The number of carbonyl (C=O) groups is 2. The van der Waals surface area contributed by atoms with E-state index in [2.05, 4.69) is 12.2 Å². The van der Waals surface area contributed by atoms with Gasteiger partial charge in [0.05, 0.1) is 12.2 Å². The highest BCUT2D eigenvalue weighted by Crippen LogP contribution is 2.14. The minimum atomic E-state index is -0.840. The summed E-state index contributed by atoms with van der Waals surface area (Å²) in [6.45, 7) is 3.87. The van der Waals surface area contributed by atoms with Crippen LogP contribution >= 0.6 is 0 Å². The van der Waals surface area contributed by atoms with Crippen molar-refractivity contribution in [2.75, 3.05) is 25.1 Å². The van der Waals surface area contributed by atoms with Gasteiger partial charge in [0.1, 0.15) is 6.61 Å². The van der Waals surface area contributed by atoms with Gasteiger partial charge in [0.15, 0.2) is 6.10 Å².